The highest BCUT2D eigenvalue weighted by molar-refractivity contribution is 7.80. The second-order valence-electron chi connectivity index (χ2n) is 9.09. The lowest BCUT2D eigenvalue weighted by Gasteiger charge is -2.39. The van der Waals surface area contributed by atoms with Crippen LogP contribution in [0.15, 0.2) is 24.3 Å². The van der Waals surface area contributed by atoms with Crippen molar-refractivity contribution in [3.05, 3.63) is 35.4 Å². The quantitative estimate of drug-likeness (QED) is 0.545. The van der Waals surface area contributed by atoms with Crippen molar-refractivity contribution in [3.63, 3.8) is 0 Å². The van der Waals surface area contributed by atoms with Crippen LogP contribution < -0.4 is 5.32 Å². The van der Waals surface area contributed by atoms with Crippen LogP contribution in [0.1, 0.15) is 53.3 Å². The molecule has 9 heteroatoms. The van der Waals surface area contributed by atoms with E-state index in [9.17, 15) is 19.2 Å². The first-order valence-electron chi connectivity index (χ1n) is 11.0. The summed E-state index contributed by atoms with van der Waals surface area (Å²) in [6.07, 6.45) is 2.72. The highest BCUT2D eigenvalue weighted by Crippen LogP contribution is 2.41. The van der Waals surface area contributed by atoms with Crippen molar-refractivity contribution in [2.45, 2.75) is 38.6 Å². The summed E-state index contributed by atoms with van der Waals surface area (Å²) in [6, 6.07) is 6.22. The molecule has 4 rings (SSSR count). The van der Waals surface area contributed by atoms with Gasteiger partial charge in [-0.25, -0.2) is 0 Å². The Morgan fingerprint density at radius 2 is 1.59 bits per heavy atom. The number of ketones is 1. The maximum atomic E-state index is 12.9. The maximum absolute atomic E-state index is 12.9. The molecular weight excluding hydrogens is 428 g/mol. The number of nitrogens with zero attached hydrogens (tertiary/aromatic N) is 3. The van der Waals surface area contributed by atoms with Gasteiger partial charge in [0, 0.05) is 44.4 Å². The number of amides is 3. The minimum atomic E-state index is -0.578. The van der Waals surface area contributed by atoms with Crippen molar-refractivity contribution >= 4 is 40.8 Å². The zero-order valence-electron chi connectivity index (χ0n) is 18.4. The summed E-state index contributed by atoms with van der Waals surface area (Å²) in [5.41, 5.74) is 1.22. The summed E-state index contributed by atoms with van der Waals surface area (Å²) in [5.74, 6) is -0.242. The summed E-state index contributed by atoms with van der Waals surface area (Å²) >= 11 is 5.09. The maximum Gasteiger partial charge on any atom is 0.253 e. The number of nitrogens with one attached hydrogen (secondary N) is 1. The van der Waals surface area contributed by atoms with E-state index in [0.29, 0.717) is 42.4 Å². The molecule has 3 aliphatic rings. The van der Waals surface area contributed by atoms with E-state index < -0.39 is 6.04 Å². The molecule has 0 saturated carbocycles. The van der Waals surface area contributed by atoms with Crippen LogP contribution in [-0.4, -0.2) is 82.6 Å². The minimum absolute atomic E-state index is 0.0212. The van der Waals surface area contributed by atoms with Crippen molar-refractivity contribution < 1.29 is 19.2 Å². The summed E-state index contributed by atoms with van der Waals surface area (Å²) < 4.78 is 0. The molecule has 1 aromatic rings. The fourth-order valence-electron chi connectivity index (χ4n) is 4.85. The van der Waals surface area contributed by atoms with Crippen LogP contribution in [0.4, 0.5) is 0 Å². The average Bonchev–Trinajstić information content (AvgIpc) is 3.30. The second kappa shape index (κ2) is 8.61. The first-order chi connectivity index (χ1) is 15.2. The number of Topliss-reactive ketones (excluding diaryl/α,β-unsaturated/α-hetero) is 1. The van der Waals surface area contributed by atoms with Gasteiger partial charge in [0.05, 0.1) is 6.42 Å². The standard InChI is InChI=1S/C23H28N4O4S/c1-15(28)16-3-5-17(6-4-16)20(30)26-10-7-23(8-11-26)9-12-27(14-23)19(29)13-18-21(31)25(2)22(32)24-18/h3-6,18H,7-14H2,1-2H3,(H,24,32). The van der Waals surface area contributed by atoms with E-state index in [1.807, 2.05) is 9.80 Å². The fourth-order valence-corrected chi connectivity index (χ4v) is 5.09. The Morgan fingerprint density at radius 1 is 1.03 bits per heavy atom. The van der Waals surface area contributed by atoms with E-state index in [1.54, 1.807) is 31.3 Å². The highest BCUT2D eigenvalue weighted by atomic mass is 32.1. The molecule has 3 fully saturated rings. The number of likely N-dealkylation sites (N-methyl/N-ethyl adjacent to an activating group) is 1. The molecule has 3 saturated heterocycles. The molecule has 3 aliphatic heterocycles. The smallest absolute Gasteiger partial charge is 0.253 e. The lowest BCUT2D eigenvalue weighted by atomic mass is 9.77. The Kier molecular flexibility index (Phi) is 6.03. The lowest BCUT2D eigenvalue weighted by molar-refractivity contribution is -0.135. The SMILES string of the molecule is CC(=O)c1ccc(C(=O)N2CCC3(CCN(C(=O)CC4NC(=S)N(C)C4=O)C3)CC2)cc1. The molecule has 8 nitrogen and oxygen atoms in total. The van der Waals surface area contributed by atoms with Crippen LogP contribution in [0, 0.1) is 5.41 Å². The first-order valence-corrected chi connectivity index (χ1v) is 11.4. The van der Waals surface area contributed by atoms with Crippen LogP contribution in [0.2, 0.25) is 0 Å². The van der Waals surface area contributed by atoms with Crippen LogP contribution in [-0.2, 0) is 9.59 Å². The van der Waals surface area contributed by atoms with Gasteiger partial charge < -0.3 is 15.1 Å². The van der Waals surface area contributed by atoms with E-state index >= 15 is 0 Å². The number of hydrogen-bond acceptors (Lipinski definition) is 5. The molecule has 32 heavy (non-hydrogen) atoms. The van der Waals surface area contributed by atoms with Crippen LogP contribution in [0.25, 0.3) is 0 Å². The van der Waals surface area contributed by atoms with Gasteiger partial charge in [-0.3, -0.25) is 24.1 Å². The van der Waals surface area contributed by atoms with Gasteiger partial charge in [-0.2, -0.15) is 0 Å². The molecule has 0 bridgehead atoms. The Labute approximate surface area is 192 Å². The molecule has 170 valence electrons. The van der Waals surface area contributed by atoms with Gasteiger partial charge in [-0.15, -0.1) is 0 Å². The predicted octanol–water partition coefficient (Wildman–Crippen LogP) is 1.45. The van der Waals surface area contributed by atoms with Gasteiger partial charge in [0.25, 0.3) is 11.8 Å². The van der Waals surface area contributed by atoms with Crippen molar-refractivity contribution in [3.8, 4) is 0 Å². The molecule has 1 spiro atoms. The van der Waals surface area contributed by atoms with Gasteiger partial charge in [0.15, 0.2) is 10.9 Å². The van der Waals surface area contributed by atoms with Crippen molar-refractivity contribution in [2.24, 2.45) is 5.41 Å². The van der Waals surface area contributed by atoms with E-state index in [-0.39, 0.29) is 35.3 Å². The van der Waals surface area contributed by atoms with E-state index in [4.69, 9.17) is 12.2 Å². The molecule has 1 atom stereocenters. The number of carbonyl (C=O) groups excluding carboxylic acids is 4. The first kappa shape index (κ1) is 22.4. The Hall–Kier alpha value is -2.81. The average molecular weight is 457 g/mol. The fraction of sp³-hybridized carbons (Fsp3) is 0.522. The van der Waals surface area contributed by atoms with Crippen LogP contribution in [0.5, 0.6) is 0 Å². The van der Waals surface area contributed by atoms with E-state index in [2.05, 4.69) is 5.32 Å². The van der Waals surface area contributed by atoms with Gasteiger partial charge in [-0.1, -0.05) is 12.1 Å². The largest absolute Gasteiger partial charge is 0.350 e. The van der Waals surface area contributed by atoms with E-state index in [0.717, 1.165) is 19.3 Å². The monoisotopic (exact) mass is 456 g/mol. The Morgan fingerprint density at radius 3 is 2.12 bits per heavy atom. The molecule has 3 amide bonds. The molecule has 1 N–H and O–H groups in total. The van der Waals surface area contributed by atoms with E-state index in [1.165, 1.54) is 11.8 Å². The molecule has 0 aliphatic carbocycles. The van der Waals surface area contributed by atoms with Crippen LogP contribution >= 0.6 is 12.2 Å². The number of piperidine rings is 1. The normalized spacial score (nSPS) is 22.4. The highest BCUT2D eigenvalue weighted by Gasteiger charge is 2.44. The zero-order chi connectivity index (χ0) is 23.0. The number of rotatable bonds is 4. The molecule has 0 aromatic heterocycles. The third-order valence-corrected chi connectivity index (χ3v) is 7.44. The molecule has 1 aromatic carbocycles. The van der Waals surface area contributed by atoms with Gasteiger partial charge in [0.2, 0.25) is 5.91 Å². The molecular formula is C23H28N4O4S. The molecule has 0 radical (unpaired) electrons. The summed E-state index contributed by atoms with van der Waals surface area (Å²) in [6.45, 7) is 4.16. The summed E-state index contributed by atoms with van der Waals surface area (Å²) in [7, 11) is 1.61. The summed E-state index contributed by atoms with van der Waals surface area (Å²) in [5, 5.41) is 3.28. The van der Waals surface area contributed by atoms with Crippen molar-refractivity contribution in [1.29, 1.82) is 0 Å². The summed E-state index contributed by atoms with van der Waals surface area (Å²) in [4.78, 5) is 54.4. The predicted molar refractivity (Wildman–Crippen MR) is 122 cm³/mol. The van der Waals surface area contributed by atoms with Crippen LogP contribution in [0.3, 0.4) is 0 Å². The third kappa shape index (κ3) is 4.26. The zero-order valence-corrected chi connectivity index (χ0v) is 19.2. The third-order valence-electron chi connectivity index (χ3n) is 7.05. The Bertz CT molecular complexity index is 969. The number of likely N-dealkylation sites (tertiary alicyclic amines) is 2. The minimum Gasteiger partial charge on any atom is -0.350 e. The number of hydrogen-bond donors (Lipinski definition) is 1. The topological polar surface area (TPSA) is 90.0 Å². The second-order valence-corrected chi connectivity index (χ2v) is 9.48. The number of thiocarbonyl (C=S) groups is 1. The van der Waals surface area contributed by atoms with Gasteiger partial charge >= 0.3 is 0 Å². The molecule has 3 heterocycles. The van der Waals surface area contributed by atoms with Gasteiger partial charge in [-0.05, 0) is 56.0 Å². The number of benzene rings is 1. The lowest BCUT2D eigenvalue weighted by Crippen LogP contribution is -2.45. The van der Waals surface area contributed by atoms with Gasteiger partial charge in [0.1, 0.15) is 6.04 Å². The number of carbonyl (C=O) groups is 4. The van der Waals surface area contributed by atoms with Crippen molar-refractivity contribution in [2.75, 3.05) is 33.2 Å². The Balaban J connectivity index is 1.30. The van der Waals surface area contributed by atoms with Crippen molar-refractivity contribution in [1.82, 2.24) is 20.0 Å². The molecule has 1 unspecified atom stereocenters.